The Morgan fingerprint density at radius 3 is 2.94 bits per heavy atom. The van der Waals surface area contributed by atoms with Crippen LogP contribution < -0.4 is 5.73 Å². The molecule has 1 aromatic rings. The molecule has 3 rings (SSSR count). The first-order valence-corrected chi connectivity index (χ1v) is 6.17. The quantitative estimate of drug-likeness (QED) is 0.825. The van der Waals surface area contributed by atoms with Crippen molar-refractivity contribution in [2.24, 2.45) is 0 Å². The van der Waals surface area contributed by atoms with Crippen LogP contribution in [0.2, 0.25) is 0 Å². The van der Waals surface area contributed by atoms with Gasteiger partial charge in [-0.2, -0.15) is 0 Å². The molecule has 1 aliphatic heterocycles. The molecule has 2 heterocycles. The SMILES string of the molecule is CN1CCOC(c2nc(N)cc(C3CC3)n2)C1. The van der Waals surface area contributed by atoms with Gasteiger partial charge in [-0.25, -0.2) is 9.97 Å². The van der Waals surface area contributed by atoms with Crippen LogP contribution >= 0.6 is 0 Å². The molecule has 1 unspecified atom stereocenters. The number of hydrogen-bond acceptors (Lipinski definition) is 5. The minimum Gasteiger partial charge on any atom is -0.384 e. The molecular weight excluding hydrogens is 216 g/mol. The number of anilines is 1. The van der Waals surface area contributed by atoms with Crippen molar-refractivity contribution in [2.75, 3.05) is 32.5 Å². The molecule has 1 aromatic heterocycles. The third-order valence-electron chi connectivity index (χ3n) is 3.34. The predicted molar refractivity (Wildman–Crippen MR) is 64.6 cm³/mol. The Morgan fingerprint density at radius 1 is 1.41 bits per heavy atom. The number of hydrogen-bond donors (Lipinski definition) is 1. The van der Waals surface area contributed by atoms with Crippen LogP contribution in [0.1, 0.15) is 36.4 Å². The van der Waals surface area contributed by atoms with E-state index in [1.807, 2.05) is 6.07 Å². The van der Waals surface area contributed by atoms with Crippen LogP contribution in [0.15, 0.2) is 6.07 Å². The first-order chi connectivity index (χ1) is 8.22. The van der Waals surface area contributed by atoms with Crippen molar-refractivity contribution in [3.05, 3.63) is 17.6 Å². The Hall–Kier alpha value is -1.20. The number of rotatable bonds is 2. The summed E-state index contributed by atoms with van der Waals surface area (Å²) in [6.45, 7) is 2.54. The van der Waals surface area contributed by atoms with Gasteiger partial charge in [-0.15, -0.1) is 0 Å². The van der Waals surface area contributed by atoms with E-state index in [1.54, 1.807) is 0 Å². The molecule has 1 aliphatic carbocycles. The van der Waals surface area contributed by atoms with Gasteiger partial charge in [0.05, 0.1) is 6.61 Å². The number of nitrogens with two attached hydrogens (primary N) is 1. The zero-order valence-electron chi connectivity index (χ0n) is 10.1. The van der Waals surface area contributed by atoms with Gasteiger partial charge >= 0.3 is 0 Å². The topological polar surface area (TPSA) is 64.3 Å². The van der Waals surface area contributed by atoms with Crippen molar-refractivity contribution >= 4 is 5.82 Å². The summed E-state index contributed by atoms with van der Waals surface area (Å²) in [5.74, 6) is 1.91. The molecule has 0 bridgehead atoms. The van der Waals surface area contributed by atoms with Gasteiger partial charge in [0.2, 0.25) is 0 Å². The van der Waals surface area contributed by atoms with Crippen molar-refractivity contribution < 1.29 is 4.74 Å². The molecule has 5 nitrogen and oxygen atoms in total. The molecule has 0 radical (unpaired) electrons. The monoisotopic (exact) mass is 234 g/mol. The third-order valence-corrected chi connectivity index (χ3v) is 3.34. The number of aromatic nitrogens is 2. The minimum atomic E-state index is -0.0326. The van der Waals surface area contributed by atoms with Gasteiger partial charge in [-0.05, 0) is 19.9 Å². The van der Waals surface area contributed by atoms with Crippen LogP contribution in [-0.2, 0) is 4.74 Å². The normalized spacial score (nSPS) is 26.1. The number of nitrogen functional groups attached to an aromatic ring is 1. The number of morpholine rings is 1. The fourth-order valence-corrected chi connectivity index (χ4v) is 2.17. The molecule has 0 aromatic carbocycles. The fourth-order valence-electron chi connectivity index (χ4n) is 2.17. The van der Waals surface area contributed by atoms with E-state index in [9.17, 15) is 0 Å². The Balaban J connectivity index is 1.85. The zero-order valence-corrected chi connectivity index (χ0v) is 10.1. The van der Waals surface area contributed by atoms with Crippen molar-refractivity contribution in [1.29, 1.82) is 0 Å². The molecule has 0 spiro atoms. The summed E-state index contributed by atoms with van der Waals surface area (Å²) < 4.78 is 5.72. The van der Waals surface area contributed by atoms with Crippen LogP contribution in [-0.4, -0.2) is 41.6 Å². The molecule has 92 valence electrons. The van der Waals surface area contributed by atoms with Gasteiger partial charge in [-0.1, -0.05) is 0 Å². The molecule has 2 fully saturated rings. The lowest BCUT2D eigenvalue weighted by Gasteiger charge is -2.29. The Labute approximate surface area is 101 Å². The van der Waals surface area contributed by atoms with Crippen molar-refractivity contribution in [1.82, 2.24) is 14.9 Å². The Bertz CT molecular complexity index is 419. The minimum absolute atomic E-state index is 0.0326. The van der Waals surface area contributed by atoms with Gasteiger partial charge in [0, 0.05) is 30.8 Å². The number of ether oxygens (including phenoxy) is 1. The first-order valence-electron chi connectivity index (χ1n) is 6.17. The number of likely N-dealkylation sites (N-methyl/N-ethyl adjacent to an activating group) is 1. The maximum Gasteiger partial charge on any atom is 0.161 e. The fraction of sp³-hybridized carbons (Fsp3) is 0.667. The van der Waals surface area contributed by atoms with Crippen LogP contribution in [0.5, 0.6) is 0 Å². The number of nitrogens with zero attached hydrogens (tertiary/aromatic N) is 3. The summed E-state index contributed by atoms with van der Waals surface area (Å²) in [6.07, 6.45) is 2.41. The second-order valence-corrected chi connectivity index (χ2v) is 4.97. The molecule has 1 atom stereocenters. The van der Waals surface area contributed by atoms with E-state index < -0.39 is 0 Å². The first kappa shape index (κ1) is 10.9. The highest BCUT2D eigenvalue weighted by Gasteiger charge is 2.28. The van der Waals surface area contributed by atoms with E-state index in [4.69, 9.17) is 10.5 Å². The third kappa shape index (κ3) is 2.40. The summed E-state index contributed by atoms with van der Waals surface area (Å²) in [4.78, 5) is 11.2. The molecule has 2 aliphatic rings. The standard InChI is InChI=1S/C12H18N4O/c1-16-4-5-17-10(7-16)12-14-9(8-2-3-8)6-11(13)15-12/h6,8,10H,2-5,7H2,1H3,(H2,13,14,15). The molecule has 1 saturated heterocycles. The smallest absolute Gasteiger partial charge is 0.161 e. The molecule has 0 amide bonds. The molecule has 1 saturated carbocycles. The van der Waals surface area contributed by atoms with Crippen molar-refractivity contribution in [3.63, 3.8) is 0 Å². The van der Waals surface area contributed by atoms with E-state index in [1.165, 1.54) is 12.8 Å². The van der Waals surface area contributed by atoms with E-state index in [0.717, 1.165) is 31.2 Å². The largest absolute Gasteiger partial charge is 0.384 e. The summed E-state index contributed by atoms with van der Waals surface area (Å²) in [6, 6.07) is 1.90. The lowest BCUT2D eigenvalue weighted by molar-refractivity contribution is -0.0255. The Kier molecular flexibility index (Phi) is 2.72. The molecule has 17 heavy (non-hydrogen) atoms. The lowest BCUT2D eigenvalue weighted by atomic mass is 10.2. The highest BCUT2D eigenvalue weighted by Crippen LogP contribution is 2.39. The summed E-state index contributed by atoms with van der Waals surface area (Å²) in [5, 5.41) is 0. The average molecular weight is 234 g/mol. The van der Waals surface area contributed by atoms with Gasteiger partial charge < -0.3 is 15.4 Å². The highest BCUT2D eigenvalue weighted by molar-refractivity contribution is 5.33. The summed E-state index contributed by atoms with van der Waals surface area (Å²) in [7, 11) is 2.09. The van der Waals surface area contributed by atoms with Gasteiger partial charge in [-0.3, -0.25) is 0 Å². The zero-order chi connectivity index (χ0) is 11.8. The molecular formula is C12H18N4O. The van der Waals surface area contributed by atoms with E-state index >= 15 is 0 Å². The maximum absolute atomic E-state index is 5.85. The van der Waals surface area contributed by atoms with E-state index in [2.05, 4.69) is 21.9 Å². The lowest BCUT2D eigenvalue weighted by Crippen LogP contribution is -2.36. The second kappa shape index (κ2) is 4.23. The van der Waals surface area contributed by atoms with E-state index in [0.29, 0.717) is 11.7 Å². The van der Waals surface area contributed by atoms with Gasteiger partial charge in [0.15, 0.2) is 5.82 Å². The van der Waals surface area contributed by atoms with Gasteiger partial charge in [0.1, 0.15) is 11.9 Å². The van der Waals surface area contributed by atoms with Crippen molar-refractivity contribution in [2.45, 2.75) is 24.9 Å². The molecule has 2 N–H and O–H groups in total. The van der Waals surface area contributed by atoms with E-state index in [-0.39, 0.29) is 6.10 Å². The predicted octanol–water partition coefficient (Wildman–Crippen LogP) is 0.939. The second-order valence-electron chi connectivity index (χ2n) is 4.97. The van der Waals surface area contributed by atoms with Gasteiger partial charge in [0.25, 0.3) is 0 Å². The van der Waals surface area contributed by atoms with Crippen LogP contribution in [0.4, 0.5) is 5.82 Å². The molecule has 5 heteroatoms. The highest BCUT2D eigenvalue weighted by atomic mass is 16.5. The maximum atomic E-state index is 5.85. The summed E-state index contributed by atoms with van der Waals surface area (Å²) in [5.41, 5.74) is 6.93. The van der Waals surface area contributed by atoms with Crippen LogP contribution in [0.25, 0.3) is 0 Å². The van der Waals surface area contributed by atoms with Crippen molar-refractivity contribution in [3.8, 4) is 0 Å². The van der Waals surface area contributed by atoms with Crippen LogP contribution in [0.3, 0.4) is 0 Å². The average Bonchev–Trinajstić information content (AvgIpc) is 3.12. The summed E-state index contributed by atoms with van der Waals surface area (Å²) >= 11 is 0. The Morgan fingerprint density at radius 2 is 2.24 bits per heavy atom. The van der Waals surface area contributed by atoms with Crippen LogP contribution in [0, 0.1) is 0 Å².